The summed E-state index contributed by atoms with van der Waals surface area (Å²) in [5.74, 6) is 0. The molecule has 3 heteroatoms. The van der Waals surface area contributed by atoms with Crippen molar-refractivity contribution in [2.75, 3.05) is 0 Å². The van der Waals surface area contributed by atoms with Crippen LogP contribution >= 0.6 is 0 Å². The van der Waals surface area contributed by atoms with E-state index in [4.69, 9.17) is 4.89 Å². The van der Waals surface area contributed by atoms with E-state index in [0.29, 0.717) is 0 Å². The molecule has 0 atom stereocenters. The molecule has 0 aliphatic heterocycles. The average Bonchev–Trinajstić information content (AvgIpc) is 2.59. The molecule has 0 saturated heterocycles. The summed E-state index contributed by atoms with van der Waals surface area (Å²) < 4.78 is 0. The van der Waals surface area contributed by atoms with Gasteiger partial charge in [0.2, 0.25) is 0 Å². The molecule has 3 aromatic carbocycles. The van der Waals surface area contributed by atoms with Crippen molar-refractivity contribution in [3.8, 4) is 0 Å². The molecule has 104 valence electrons. The first kappa shape index (κ1) is 16.5. The first-order valence-corrected chi connectivity index (χ1v) is 6.85. The molecule has 0 spiro atoms. The second-order valence-corrected chi connectivity index (χ2v) is 4.86. The SMILES string of the molecule is [Li+].[O-]OC(c1ccccc1)(c1ccccc1)c1ccccc1. The quantitative estimate of drug-likeness (QED) is 0.298. The van der Waals surface area contributed by atoms with Gasteiger partial charge in [-0.3, -0.25) is 0 Å². The molecule has 0 saturated carbocycles. The fourth-order valence-corrected chi connectivity index (χ4v) is 2.66. The number of hydrogen-bond acceptors (Lipinski definition) is 2. The van der Waals surface area contributed by atoms with E-state index in [0.717, 1.165) is 16.7 Å². The Bertz CT molecular complexity index is 588. The maximum atomic E-state index is 11.9. The molecule has 0 unspecified atom stereocenters. The third kappa shape index (κ3) is 2.88. The van der Waals surface area contributed by atoms with Gasteiger partial charge in [0.15, 0.2) is 0 Å². The largest absolute Gasteiger partial charge is 1.00 e. The van der Waals surface area contributed by atoms with E-state index in [1.165, 1.54) is 0 Å². The Morgan fingerprint density at radius 1 is 0.545 bits per heavy atom. The molecular weight excluding hydrogens is 267 g/mol. The van der Waals surface area contributed by atoms with Gasteiger partial charge >= 0.3 is 18.9 Å². The molecular formula is C19H15LiO2. The zero-order valence-electron chi connectivity index (χ0n) is 12.5. The normalized spacial score (nSPS) is 10.8. The Balaban J connectivity index is 0.00000176. The summed E-state index contributed by atoms with van der Waals surface area (Å²) >= 11 is 0. The van der Waals surface area contributed by atoms with E-state index >= 15 is 0 Å². The summed E-state index contributed by atoms with van der Waals surface area (Å²) in [5.41, 5.74) is 1.32. The minimum atomic E-state index is -1.14. The van der Waals surface area contributed by atoms with Gasteiger partial charge in [0.05, 0.1) is 0 Å². The van der Waals surface area contributed by atoms with Crippen LogP contribution in [-0.4, -0.2) is 0 Å². The maximum absolute atomic E-state index is 11.9. The van der Waals surface area contributed by atoms with Crippen LogP contribution in [0.5, 0.6) is 0 Å². The van der Waals surface area contributed by atoms with Gasteiger partial charge in [-0.2, -0.15) is 0 Å². The molecule has 0 aromatic heterocycles. The Hall–Kier alpha value is -1.82. The van der Waals surface area contributed by atoms with E-state index in [1.807, 2.05) is 91.0 Å². The van der Waals surface area contributed by atoms with Crippen LogP contribution in [0.15, 0.2) is 91.0 Å². The topological polar surface area (TPSA) is 32.3 Å². The number of benzene rings is 3. The molecule has 0 fully saturated rings. The zero-order valence-corrected chi connectivity index (χ0v) is 12.5. The zero-order chi connectivity index (χ0) is 14.5. The molecule has 0 aliphatic rings. The maximum Gasteiger partial charge on any atom is 1.00 e. The summed E-state index contributed by atoms with van der Waals surface area (Å²) in [7, 11) is 0. The van der Waals surface area contributed by atoms with Gasteiger partial charge in [-0.25, -0.2) is 0 Å². The van der Waals surface area contributed by atoms with Crippen molar-refractivity contribution >= 4 is 0 Å². The molecule has 22 heavy (non-hydrogen) atoms. The van der Waals surface area contributed by atoms with Crippen LogP contribution in [0.25, 0.3) is 0 Å². The smallest absolute Gasteiger partial charge is 0.722 e. The van der Waals surface area contributed by atoms with Crippen LogP contribution in [0.4, 0.5) is 0 Å². The van der Waals surface area contributed by atoms with Crippen molar-refractivity contribution in [2.24, 2.45) is 0 Å². The Morgan fingerprint density at radius 2 is 0.818 bits per heavy atom. The third-order valence-electron chi connectivity index (χ3n) is 3.67. The van der Waals surface area contributed by atoms with Gasteiger partial charge in [-0.15, -0.1) is 0 Å². The van der Waals surface area contributed by atoms with Crippen LogP contribution in [0, 0.1) is 0 Å². The summed E-state index contributed by atoms with van der Waals surface area (Å²) in [6.45, 7) is 0. The number of rotatable bonds is 4. The van der Waals surface area contributed by atoms with E-state index in [1.54, 1.807) is 0 Å². The van der Waals surface area contributed by atoms with Gasteiger partial charge in [0.25, 0.3) is 0 Å². The van der Waals surface area contributed by atoms with E-state index in [2.05, 4.69) is 0 Å². The van der Waals surface area contributed by atoms with Gasteiger partial charge in [-0.05, 0) is 16.7 Å². The number of hydrogen-bond donors (Lipinski definition) is 0. The van der Waals surface area contributed by atoms with Crippen LogP contribution in [0.2, 0.25) is 0 Å². The van der Waals surface area contributed by atoms with Crippen molar-refractivity contribution in [1.82, 2.24) is 0 Å². The standard InChI is InChI=1S/C19H16O2.Li/c20-21-19(16-10-4-1-5-11-16,17-12-6-2-7-13-17)18-14-8-3-9-15-18;/h1-15,20H;/q;+1/p-1. The fourth-order valence-electron chi connectivity index (χ4n) is 2.66. The van der Waals surface area contributed by atoms with Crippen molar-refractivity contribution in [2.45, 2.75) is 5.60 Å². The predicted octanol–water partition coefficient (Wildman–Crippen LogP) is 0.274. The van der Waals surface area contributed by atoms with Gasteiger partial charge in [0, 0.05) is 0 Å². The Kier molecular flexibility index (Phi) is 5.60. The third-order valence-corrected chi connectivity index (χ3v) is 3.67. The first-order valence-electron chi connectivity index (χ1n) is 6.85. The fraction of sp³-hybridized carbons (Fsp3) is 0.0526. The summed E-state index contributed by atoms with van der Waals surface area (Å²) in [5, 5.41) is 11.9. The molecule has 0 N–H and O–H groups in total. The molecule has 3 rings (SSSR count). The van der Waals surface area contributed by atoms with Crippen LogP contribution in [-0.2, 0) is 10.5 Å². The minimum absolute atomic E-state index is 0. The second kappa shape index (κ2) is 7.44. The molecule has 0 heterocycles. The Labute approximate surface area is 142 Å². The summed E-state index contributed by atoms with van der Waals surface area (Å²) in [6, 6.07) is 28.7. The molecule has 3 aromatic rings. The average molecular weight is 282 g/mol. The van der Waals surface area contributed by atoms with Crippen LogP contribution in [0.1, 0.15) is 16.7 Å². The molecule has 0 radical (unpaired) electrons. The Morgan fingerprint density at radius 3 is 1.05 bits per heavy atom. The van der Waals surface area contributed by atoms with Crippen molar-refractivity contribution in [3.05, 3.63) is 108 Å². The molecule has 2 nitrogen and oxygen atoms in total. The summed E-state index contributed by atoms with van der Waals surface area (Å²) in [6.07, 6.45) is 0. The van der Waals surface area contributed by atoms with E-state index in [-0.39, 0.29) is 18.9 Å². The molecule has 0 amide bonds. The van der Waals surface area contributed by atoms with E-state index < -0.39 is 5.60 Å². The van der Waals surface area contributed by atoms with Crippen molar-refractivity contribution in [1.29, 1.82) is 0 Å². The van der Waals surface area contributed by atoms with Crippen molar-refractivity contribution in [3.63, 3.8) is 0 Å². The summed E-state index contributed by atoms with van der Waals surface area (Å²) in [4.78, 5) is 4.85. The first-order chi connectivity index (χ1) is 10.4. The van der Waals surface area contributed by atoms with Crippen LogP contribution in [0.3, 0.4) is 0 Å². The molecule has 0 aliphatic carbocycles. The van der Waals surface area contributed by atoms with Gasteiger partial charge in [-0.1, -0.05) is 91.0 Å². The molecule has 0 bridgehead atoms. The second-order valence-electron chi connectivity index (χ2n) is 4.86. The van der Waals surface area contributed by atoms with Crippen molar-refractivity contribution < 1.29 is 29.0 Å². The van der Waals surface area contributed by atoms with Gasteiger partial charge in [0.1, 0.15) is 5.60 Å². The van der Waals surface area contributed by atoms with E-state index in [9.17, 15) is 5.26 Å². The van der Waals surface area contributed by atoms with Crippen LogP contribution < -0.4 is 24.1 Å². The predicted molar refractivity (Wildman–Crippen MR) is 80.3 cm³/mol. The monoisotopic (exact) mass is 282 g/mol. The van der Waals surface area contributed by atoms with Gasteiger partial charge < -0.3 is 10.1 Å². The minimum Gasteiger partial charge on any atom is -0.722 e.